The second kappa shape index (κ2) is 3.91. The van der Waals surface area contributed by atoms with Crippen LogP contribution in [0.25, 0.3) is 0 Å². The van der Waals surface area contributed by atoms with Crippen molar-refractivity contribution in [2.24, 2.45) is 0 Å². The molecule has 1 heteroatoms. The third kappa shape index (κ3) is 2.19. The van der Waals surface area contributed by atoms with Crippen LogP contribution in [-0.4, -0.2) is 5.78 Å². The number of ketones is 1. The van der Waals surface area contributed by atoms with Gasteiger partial charge < -0.3 is 0 Å². The molecule has 58 valence electrons. The van der Waals surface area contributed by atoms with Crippen LogP contribution in [0.1, 0.15) is 19.3 Å². The Morgan fingerprint density at radius 1 is 1.73 bits per heavy atom. The third-order valence-corrected chi connectivity index (χ3v) is 1.70. The number of hydrogen-bond acceptors (Lipinski definition) is 1. The van der Waals surface area contributed by atoms with E-state index in [0.717, 1.165) is 18.4 Å². The van der Waals surface area contributed by atoms with Crippen molar-refractivity contribution in [3.63, 3.8) is 0 Å². The van der Waals surface area contributed by atoms with Gasteiger partial charge in [-0.05, 0) is 18.4 Å². The summed E-state index contributed by atoms with van der Waals surface area (Å²) in [4.78, 5) is 11.2. The molecule has 0 spiro atoms. The Morgan fingerprint density at radius 2 is 2.55 bits per heavy atom. The standard InChI is InChI=1S/C10H12O/c1-2-3-8-10(11)9-6-4-5-7-9/h2,4-6H,1,3,7-8H2. The summed E-state index contributed by atoms with van der Waals surface area (Å²) in [7, 11) is 0. The Labute approximate surface area is 67.1 Å². The van der Waals surface area contributed by atoms with Crippen molar-refractivity contribution in [1.29, 1.82) is 0 Å². The quantitative estimate of drug-likeness (QED) is 0.559. The summed E-state index contributed by atoms with van der Waals surface area (Å²) < 4.78 is 0. The largest absolute Gasteiger partial charge is 0.295 e. The molecule has 0 heterocycles. The number of rotatable bonds is 4. The summed E-state index contributed by atoms with van der Waals surface area (Å²) in [6.07, 6.45) is 9.82. The Morgan fingerprint density at radius 3 is 3.09 bits per heavy atom. The number of Topliss-reactive ketones (excluding diaryl/α,β-unsaturated/α-hetero) is 1. The van der Waals surface area contributed by atoms with Crippen LogP contribution in [0.4, 0.5) is 0 Å². The van der Waals surface area contributed by atoms with Crippen molar-refractivity contribution in [2.75, 3.05) is 0 Å². The number of carbonyl (C=O) groups excluding carboxylic acids is 1. The van der Waals surface area contributed by atoms with Gasteiger partial charge in [0.25, 0.3) is 0 Å². The van der Waals surface area contributed by atoms with E-state index < -0.39 is 0 Å². The first-order chi connectivity index (χ1) is 5.34. The lowest BCUT2D eigenvalue weighted by atomic mass is 10.1. The van der Waals surface area contributed by atoms with E-state index in [1.807, 2.05) is 18.2 Å². The minimum atomic E-state index is 0.259. The molecular weight excluding hydrogens is 136 g/mol. The Balaban J connectivity index is 2.36. The third-order valence-electron chi connectivity index (χ3n) is 1.70. The van der Waals surface area contributed by atoms with Gasteiger partial charge in [0.15, 0.2) is 5.78 Å². The Kier molecular flexibility index (Phi) is 2.84. The highest BCUT2D eigenvalue weighted by molar-refractivity contribution is 5.96. The van der Waals surface area contributed by atoms with Crippen LogP contribution in [-0.2, 0) is 4.79 Å². The molecule has 0 radical (unpaired) electrons. The summed E-state index contributed by atoms with van der Waals surface area (Å²) in [5, 5.41) is 0. The highest BCUT2D eigenvalue weighted by Crippen LogP contribution is 2.13. The molecule has 0 amide bonds. The maximum atomic E-state index is 11.2. The maximum Gasteiger partial charge on any atom is 0.159 e. The molecule has 0 bridgehead atoms. The van der Waals surface area contributed by atoms with Crippen molar-refractivity contribution < 1.29 is 4.79 Å². The highest BCUT2D eigenvalue weighted by Gasteiger charge is 2.08. The minimum Gasteiger partial charge on any atom is -0.295 e. The number of hydrogen-bond donors (Lipinski definition) is 0. The lowest BCUT2D eigenvalue weighted by molar-refractivity contribution is -0.115. The van der Waals surface area contributed by atoms with E-state index in [2.05, 4.69) is 6.58 Å². The zero-order valence-electron chi connectivity index (χ0n) is 6.55. The van der Waals surface area contributed by atoms with Crippen LogP contribution in [0.2, 0.25) is 0 Å². The van der Waals surface area contributed by atoms with Crippen LogP contribution in [0.3, 0.4) is 0 Å². The zero-order valence-corrected chi connectivity index (χ0v) is 6.55. The fourth-order valence-corrected chi connectivity index (χ4v) is 1.05. The lowest BCUT2D eigenvalue weighted by Gasteiger charge is -1.97. The van der Waals surface area contributed by atoms with E-state index in [9.17, 15) is 4.79 Å². The van der Waals surface area contributed by atoms with Crippen molar-refractivity contribution >= 4 is 5.78 Å². The van der Waals surface area contributed by atoms with Crippen molar-refractivity contribution in [3.05, 3.63) is 36.5 Å². The first-order valence-electron chi connectivity index (χ1n) is 3.84. The van der Waals surface area contributed by atoms with Crippen LogP contribution in [0.15, 0.2) is 36.5 Å². The second-order valence-electron chi connectivity index (χ2n) is 2.57. The number of allylic oxidation sites excluding steroid dienone is 5. The van der Waals surface area contributed by atoms with Gasteiger partial charge in [-0.1, -0.05) is 24.3 Å². The summed E-state index contributed by atoms with van der Waals surface area (Å²) in [6, 6.07) is 0. The molecule has 0 saturated carbocycles. The molecule has 0 aromatic carbocycles. The van der Waals surface area contributed by atoms with Gasteiger partial charge >= 0.3 is 0 Å². The van der Waals surface area contributed by atoms with E-state index in [0.29, 0.717) is 6.42 Å². The van der Waals surface area contributed by atoms with Crippen molar-refractivity contribution in [1.82, 2.24) is 0 Å². The van der Waals surface area contributed by atoms with E-state index in [4.69, 9.17) is 0 Å². The SMILES string of the molecule is C=CCCC(=O)C1=CC=CC1. The second-order valence-corrected chi connectivity index (χ2v) is 2.57. The molecule has 0 saturated heterocycles. The fourth-order valence-electron chi connectivity index (χ4n) is 1.05. The minimum absolute atomic E-state index is 0.259. The van der Waals surface area contributed by atoms with E-state index in [1.165, 1.54) is 0 Å². The first kappa shape index (κ1) is 7.99. The molecule has 1 aliphatic carbocycles. The van der Waals surface area contributed by atoms with Gasteiger partial charge in [0.2, 0.25) is 0 Å². The summed E-state index contributed by atoms with van der Waals surface area (Å²) in [6.45, 7) is 3.57. The molecule has 1 nitrogen and oxygen atoms in total. The van der Waals surface area contributed by atoms with Gasteiger partial charge in [-0.2, -0.15) is 0 Å². The molecule has 0 aliphatic heterocycles. The average molecular weight is 148 g/mol. The number of carbonyl (C=O) groups is 1. The molecule has 0 aromatic heterocycles. The molecule has 0 unspecified atom stereocenters. The predicted molar refractivity (Wildman–Crippen MR) is 46.3 cm³/mol. The molecule has 0 aromatic rings. The Bertz CT molecular complexity index is 221. The summed E-state index contributed by atoms with van der Waals surface area (Å²) >= 11 is 0. The molecule has 1 aliphatic rings. The van der Waals surface area contributed by atoms with Crippen LogP contribution in [0.5, 0.6) is 0 Å². The highest BCUT2D eigenvalue weighted by atomic mass is 16.1. The molecular formula is C10H12O. The average Bonchev–Trinajstić information content (AvgIpc) is 2.52. The first-order valence-corrected chi connectivity index (χ1v) is 3.84. The topological polar surface area (TPSA) is 17.1 Å². The Hall–Kier alpha value is -1.11. The molecule has 0 fully saturated rings. The van der Waals surface area contributed by atoms with Gasteiger partial charge in [-0.15, -0.1) is 6.58 Å². The fraction of sp³-hybridized carbons (Fsp3) is 0.300. The normalized spacial score (nSPS) is 14.7. The van der Waals surface area contributed by atoms with E-state index >= 15 is 0 Å². The van der Waals surface area contributed by atoms with E-state index in [-0.39, 0.29) is 5.78 Å². The van der Waals surface area contributed by atoms with Crippen molar-refractivity contribution in [3.8, 4) is 0 Å². The summed E-state index contributed by atoms with van der Waals surface area (Å²) in [5.41, 5.74) is 0.937. The molecule has 11 heavy (non-hydrogen) atoms. The molecule has 0 N–H and O–H groups in total. The molecule has 1 rings (SSSR count). The van der Waals surface area contributed by atoms with Crippen LogP contribution >= 0.6 is 0 Å². The summed E-state index contributed by atoms with van der Waals surface area (Å²) in [5.74, 6) is 0.259. The molecule has 0 atom stereocenters. The lowest BCUT2D eigenvalue weighted by Crippen LogP contribution is -1.99. The van der Waals surface area contributed by atoms with Crippen LogP contribution in [0, 0.1) is 0 Å². The van der Waals surface area contributed by atoms with E-state index in [1.54, 1.807) is 6.08 Å². The van der Waals surface area contributed by atoms with Gasteiger partial charge in [-0.25, -0.2) is 0 Å². The van der Waals surface area contributed by atoms with Gasteiger partial charge in [0.1, 0.15) is 0 Å². The monoisotopic (exact) mass is 148 g/mol. The maximum absolute atomic E-state index is 11.2. The van der Waals surface area contributed by atoms with Gasteiger partial charge in [0.05, 0.1) is 0 Å². The zero-order chi connectivity index (χ0) is 8.10. The predicted octanol–water partition coefficient (Wildman–Crippen LogP) is 2.41. The smallest absolute Gasteiger partial charge is 0.159 e. The van der Waals surface area contributed by atoms with Gasteiger partial charge in [-0.3, -0.25) is 4.79 Å². The van der Waals surface area contributed by atoms with Crippen molar-refractivity contribution in [2.45, 2.75) is 19.3 Å². The van der Waals surface area contributed by atoms with Crippen LogP contribution < -0.4 is 0 Å². The van der Waals surface area contributed by atoms with Gasteiger partial charge in [0, 0.05) is 6.42 Å².